The molecule has 1 aromatic carbocycles. The lowest BCUT2D eigenvalue weighted by Crippen LogP contribution is -2.11. The molecule has 2 heterocycles. The number of nitrogens with zero attached hydrogens (tertiary/aromatic N) is 1. The Morgan fingerprint density at radius 1 is 1.15 bits per heavy atom. The molecule has 0 aliphatic heterocycles. The van der Waals surface area contributed by atoms with Crippen LogP contribution in [0.3, 0.4) is 0 Å². The Morgan fingerprint density at radius 2 is 1.80 bits per heavy atom. The van der Waals surface area contributed by atoms with Crippen molar-refractivity contribution in [1.82, 2.24) is 10.2 Å². The van der Waals surface area contributed by atoms with Crippen molar-refractivity contribution >= 4 is 54.0 Å². The second-order valence-corrected chi connectivity index (χ2v) is 8.34. The number of rotatable bonds is 1. The minimum atomic E-state index is -0.143. The van der Waals surface area contributed by atoms with Gasteiger partial charge in [0.05, 0.1) is 13.0 Å². The molecule has 0 aliphatic rings. The smallest absolute Gasteiger partial charge is 0.267 e. The molecule has 1 N–H and O–H groups in total. The third kappa shape index (κ3) is 2.16. The van der Waals surface area contributed by atoms with Crippen molar-refractivity contribution in [3.63, 3.8) is 0 Å². The number of aromatic nitrogens is 2. The zero-order chi connectivity index (χ0) is 14.4. The molecule has 0 saturated heterocycles. The van der Waals surface area contributed by atoms with Gasteiger partial charge in [-0.1, -0.05) is 12.1 Å². The zero-order valence-corrected chi connectivity index (χ0v) is 14.7. The maximum Gasteiger partial charge on any atom is 0.272 e. The van der Waals surface area contributed by atoms with Gasteiger partial charge >= 0.3 is 0 Å². The molecule has 0 aliphatic carbocycles. The van der Waals surface area contributed by atoms with Gasteiger partial charge in [0.15, 0.2) is 0 Å². The van der Waals surface area contributed by atoms with Crippen molar-refractivity contribution in [3.05, 3.63) is 47.3 Å². The first-order chi connectivity index (χ1) is 9.49. The highest BCUT2D eigenvalue weighted by Crippen LogP contribution is 2.40. The normalized spacial score (nSPS) is 11.2. The predicted octanol–water partition coefficient (Wildman–Crippen LogP) is 4.79. The Morgan fingerprint density at radius 3 is 2.40 bits per heavy atom. The molecule has 0 spiro atoms. The van der Waals surface area contributed by atoms with Crippen molar-refractivity contribution in [2.45, 2.75) is 13.8 Å². The van der Waals surface area contributed by atoms with Crippen LogP contribution in [0.25, 0.3) is 22.0 Å². The van der Waals surface area contributed by atoms with Crippen LogP contribution in [-0.4, -0.2) is 10.2 Å². The van der Waals surface area contributed by atoms with Crippen LogP contribution >= 0.6 is 43.2 Å². The third-order valence-corrected chi connectivity index (χ3v) is 5.61. The van der Waals surface area contributed by atoms with E-state index in [2.05, 4.69) is 42.1 Å². The van der Waals surface area contributed by atoms with Crippen LogP contribution in [0.15, 0.2) is 30.6 Å². The first kappa shape index (κ1) is 14.0. The van der Waals surface area contributed by atoms with E-state index < -0.39 is 0 Å². The summed E-state index contributed by atoms with van der Waals surface area (Å²) in [7, 11) is 0. The minimum absolute atomic E-state index is 0.143. The highest BCUT2D eigenvalue weighted by Gasteiger charge is 2.16. The van der Waals surface area contributed by atoms with Gasteiger partial charge in [-0.05, 0) is 62.9 Å². The van der Waals surface area contributed by atoms with E-state index in [-0.39, 0.29) is 5.56 Å². The molecule has 0 amide bonds. The fraction of sp³-hybridized carbons (Fsp3) is 0.143. The fourth-order valence-corrected chi connectivity index (χ4v) is 5.13. The van der Waals surface area contributed by atoms with Gasteiger partial charge < -0.3 is 0 Å². The Hall–Kier alpha value is -0.980. The molecular formula is C14H10Br2N2OS. The van der Waals surface area contributed by atoms with E-state index >= 15 is 0 Å². The molecule has 3 rings (SSSR count). The number of nitrogens with one attached hydrogen (secondary N) is 1. The lowest BCUT2D eigenvalue weighted by atomic mass is 9.99. The summed E-state index contributed by atoms with van der Waals surface area (Å²) in [5.41, 5.74) is 3.65. The van der Waals surface area contributed by atoms with E-state index in [4.69, 9.17) is 0 Å². The van der Waals surface area contributed by atoms with Crippen LogP contribution in [0.1, 0.15) is 11.1 Å². The molecule has 0 saturated carbocycles. The Labute approximate surface area is 136 Å². The van der Waals surface area contributed by atoms with Gasteiger partial charge in [-0.25, -0.2) is 5.10 Å². The number of H-pyrrole nitrogens is 1. The van der Waals surface area contributed by atoms with Gasteiger partial charge in [0.25, 0.3) is 5.56 Å². The number of hydrogen-bond donors (Lipinski definition) is 1. The molecule has 0 fully saturated rings. The molecule has 0 unspecified atom stereocenters. The molecule has 2 aromatic heterocycles. The van der Waals surface area contributed by atoms with Gasteiger partial charge in [-0.3, -0.25) is 4.79 Å². The van der Waals surface area contributed by atoms with E-state index in [1.165, 1.54) is 0 Å². The third-order valence-electron chi connectivity index (χ3n) is 3.27. The van der Waals surface area contributed by atoms with Gasteiger partial charge in [-0.15, -0.1) is 11.3 Å². The second-order valence-electron chi connectivity index (χ2n) is 4.59. The highest BCUT2D eigenvalue weighted by atomic mass is 79.9. The molecule has 3 aromatic rings. The number of aromatic amines is 1. The van der Waals surface area contributed by atoms with E-state index in [9.17, 15) is 4.79 Å². The van der Waals surface area contributed by atoms with Crippen LogP contribution in [0.2, 0.25) is 0 Å². The number of fused-ring (bicyclic) bond motifs is 1. The molecular weight excluding hydrogens is 404 g/mol. The van der Waals surface area contributed by atoms with Crippen molar-refractivity contribution < 1.29 is 0 Å². The summed E-state index contributed by atoms with van der Waals surface area (Å²) >= 11 is 8.63. The largest absolute Gasteiger partial charge is 0.272 e. The van der Waals surface area contributed by atoms with Crippen molar-refractivity contribution in [2.24, 2.45) is 0 Å². The summed E-state index contributed by atoms with van der Waals surface area (Å²) in [6, 6.07) is 6.00. The maximum atomic E-state index is 12.1. The predicted molar refractivity (Wildman–Crippen MR) is 90.6 cm³/mol. The summed E-state index contributed by atoms with van der Waals surface area (Å²) in [5, 5.41) is 8.51. The average molecular weight is 414 g/mol. The van der Waals surface area contributed by atoms with E-state index in [1.54, 1.807) is 11.3 Å². The summed E-state index contributed by atoms with van der Waals surface area (Å²) in [5.74, 6) is 0. The van der Waals surface area contributed by atoms with Gasteiger partial charge in [-0.2, -0.15) is 5.10 Å². The van der Waals surface area contributed by atoms with Crippen LogP contribution in [-0.2, 0) is 0 Å². The fourth-order valence-electron chi connectivity index (χ4n) is 2.32. The summed E-state index contributed by atoms with van der Waals surface area (Å²) in [6.45, 7) is 3.95. The zero-order valence-electron chi connectivity index (χ0n) is 10.8. The molecule has 6 heteroatoms. The lowest BCUT2D eigenvalue weighted by Gasteiger charge is -2.09. The van der Waals surface area contributed by atoms with Gasteiger partial charge in [0.2, 0.25) is 0 Å². The standard InChI is InChI=1S/C14H10Br2N2OS/c1-6-3-4-7(2)11-10(6)12(17-18-14(11)19)8-5-9(15)20-13(8)16/h3-5H,1-2H3,(H,18,19). The average Bonchev–Trinajstić information content (AvgIpc) is 2.73. The van der Waals surface area contributed by atoms with Crippen LogP contribution in [0, 0.1) is 13.8 Å². The molecule has 102 valence electrons. The van der Waals surface area contributed by atoms with Crippen LogP contribution < -0.4 is 5.56 Å². The number of hydrogen-bond acceptors (Lipinski definition) is 3. The topological polar surface area (TPSA) is 45.8 Å². The lowest BCUT2D eigenvalue weighted by molar-refractivity contribution is 1.01. The van der Waals surface area contributed by atoms with Gasteiger partial charge in [0, 0.05) is 10.9 Å². The summed E-state index contributed by atoms with van der Waals surface area (Å²) in [6.07, 6.45) is 0. The molecule has 3 nitrogen and oxygen atoms in total. The van der Waals surface area contributed by atoms with Gasteiger partial charge in [0.1, 0.15) is 5.69 Å². The number of halogens is 2. The van der Waals surface area contributed by atoms with E-state index in [0.717, 1.165) is 35.3 Å². The Bertz CT molecular complexity index is 883. The van der Waals surface area contributed by atoms with E-state index in [0.29, 0.717) is 5.39 Å². The first-order valence-corrected chi connectivity index (χ1v) is 8.33. The van der Waals surface area contributed by atoms with Crippen LogP contribution in [0.5, 0.6) is 0 Å². The van der Waals surface area contributed by atoms with Crippen molar-refractivity contribution in [3.8, 4) is 11.3 Å². The minimum Gasteiger partial charge on any atom is -0.267 e. The van der Waals surface area contributed by atoms with Crippen molar-refractivity contribution in [1.29, 1.82) is 0 Å². The monoisotopic (exact) mass is 412 g/mol. The molecule has 0 bridgehead atoms. The quantitative estimate of drug-likeness (QED) is 0.623. The second kappa shape index (κ2) is 5.09. The number of benzene rings is 1. The maximum absolute atomic E-state index is 12.1. The number of thiophene rings is 1. The SMILES string of the molecule is Cc1ccc(C)c2c(=O)[nH]nc(-c3cc(Br)sc3Br)c12. The van der Waals surface area contributed by atoms with Crippen LogP contribution in [0.4, 0.5) is 0 Å². The van der Waals surface area contributed by atoms with Crippen molar-refractivity contribution in [2.75, 3.05) is 0 Å². The molecule has 0 atom stereocenters. The summed E-state index contributed by atoms with van der Waals surface area (Å²) < 4.78 is 2.01. The highest BCUT2D eigenvalue weighted by molar-refractivity contribution is 9.12. The Kier molecular flexibility index (Phi) is 3.56. The number of aryl methyl sites for hydroxylation is 2. The summed E-state index contributed by atoms with van der Waals surface area (Å²) in [4.78, 5) is 12.1. The molecule has 20 heavy (non-hydrogen) atoms. The van der Waals surface area contributed by atoms with E-state index in [1.807, 2.05) is 32.0 Å². The molecule has 0 radical (unpaired) electrons. The Balaban J connectivity index is 2.50. The first-order valence-electron chi connectivity index (χ1n) is 5.93.